The highest BCUT2D eigenvalue weighted by Crippen LogP contribution is 2.31. The van der Waals surface area contributed by atoms with E-state index in [9.17, 15) is 0 Å². The van der Waals surface area contributed by atoms with Crippen LogP contribution in [-0.4, -0.2) is 11.7 Å². The Morgan fingerprint density at radius 2 is 2.07 bits per heavy atom. The highest BCUT2D eigenvalue weighted by molar-refractivity contribution is 5.85. The molecule has 0 saturated carbocycles. The molecule has 0 aliphatic rings. The van der Waals surface area contributed by atoms with Gasteiger partial charge >= 0.3 is 0 Å². The number of hydrogen-bond donors (Lipinski definition) is 2. The van der Waals surface area contributed by atoms with E-state index in [0.717, 1.165) is 11.5 Å². The fourth-order valence-corrected chi connectivity index (χ4v) is 1.10. The SMILES string of the molecule is Cc1ccc([C@H](N)C(C)(C)CO)o1.Cl. The molecule has 1 aromatic rings. The molecule has 0 radical (unpaired) electrons. The molecule has 3 nitrogen and oxygen atoms in total. The van der Waals surface area contributed by atoms with Gasteiger partial charge in [-0.1, -0.05) is 13.8 Å². The predicted octanol–water partition coefficient (Wildman–Crippen LogP) is 2.03. The Bertz CT molecular complexity index is 283. The Hall–Kier alpha value is -0.510. The van der Waals surface area contributed by atoms with Gasteiger partial charge in [-0.05, 0) is 19.1 Å². The zero-order valence-electron chi connectivity index (χ0n) is 8.78. The summed E-state index contributed by atoms with van der Waals surface area (Å²) >= 11 is 0. The molecular weight excluding hydrogens is 202 g/mol. The molecule has 1 heterocycles. The van der Waals surface area contributed by atoms with E-state index < -0.39 is 0 Å². The summed E-state index contributed by atoms with van der Waals surface area (Å²) < 4.78 is 5.40. The molecule has 3 N–H and O–H groups in total. The lowest BCUT2D eigenvalue weighted by Crippen LogP contribution is -2.32. The van der Waals surface area contributed by atoms with Gasteiger partial charge < -0.3 is 15.3 Å². The fourth-order valence-electron chi connectivity index (χ4n) is 1.10. The van der Waals surface area contributed by atoms with Crippen LogP contribution in [0.15, 0.2) is 16.5 Å². The van der Waals surface area contributed by atoms with Gasteiger partial charge in [0, 0.05) is 5.41 Å². The van der Waals surface area contributed by atoms with Crippen LogP contribution < -0.4 is 5.73 Å². The highest BCUT2D eigenvalue weighted by Gasteiger charge is 2.29. The van der Waals surface area contributed by atoms with E-state index in [-0.39, 0.29) is 30.5 Å². The lowest BCUT2D eigenvalue weighted by Gasteiger charge is -2.27. The van der Waals surface area contributed by atoms with Gasteiger partial charge in [-0.25, -0.2) is 0 Å². The second-order valence-electron chi connectivity index (χ2n) is 4.07. The van der Waals surface area contributed by atoms with Gasteiger partial charge in [0.25, 0.3) is 0 Å². The van der Waals surface area contributed by atoms with Crippen LogP contribution in [0.1, 0.15) is 31.4 Å². The minimum absolute atomic E-state index is 0. The summed E-state index contributed by atoms with van der Waals surface area (Å²) in [6, 6.07) is 3.48. The van der Waals surface area contributed by atoms with Crippen LogP contribution in [0, 0.1) is 12.3 Å². The molecule has 82 valence electrons. The molecule has 1 aromatic heterocycles. The molecule has 0 aromatic carbocycles. The van der Waals surface area contributed by atoms with Gasteiger partial charge in [0.05, 0.1) is 12.6 Å². The van der Waals surface area contributed by atoms with Crippen LogP contribution >= 0.6 is 12.4 Å². The van der Waals surface area contributed by atoms with Crippen LogP contribution in [-0.2, 0) is 0 Å². The normalized spacial score (nSPS) is 13.5. The molecule has 0 aliphatic heterocycles. The monoisotopic (exact) mass is 219 g/mol. The minimum Gasteiger partial charge on any atom is -0.465 e. The Morgan fingerprint density at radius 1 is 1.50 bits per heavy atom. The molecule has 1 atom stereocenters. The molecule has 0 amide bonds. The van der Waals surface area contributed by atoms with E-state index in [1.165, 1.54) is 0 Å². The van der Waals surface area contributed by atoms with Gasteiger partial charge in [-0.15, -0.1) is 12.4 Å². The highest BCUT2D eigenvalue weighted by atomic mass is 35.5. The predicted molar refractivity (Wildman–Crippen MR) is 58.5 cm³/mol. The van der Waals surface area contributed by atoms with Crippen molar-refractivity contribution in [2.75, 3.05) is 6.61 Å². The quantitative estimate of drug-likeness (QED) is 0.818. The van der Waals surface area contributed by atoms with Crippen LogP contribution in [0.4, 0.5) is 0 Å². The summed E-state index contributed by atoms with van der Waals surface area (Å²) in [4.78, 5) is 0. The lowest BCUT2D eigenvalue weighted by atomic mass is 9.84. The number of aryl methyl sites for hydroxylation is 1. The van der Waals surface area contributed by atoms with Crippen molar-refractivity contribution in [3.8, 4) is 0 Å². The Balaban J connectivity index is 0.00000169. The average Bonchev–Trinajstić information content (AvgIpc) is 2.50. The van der Waals surface area contributed by atoms with E-state index in [2.05, 4.69) is 0 Å². The average molecular weight is 220 g/mol. The van der Waals surface area contributed by atoms with Crippen molar-refractivity contribution in [1.82, 2.24) is 0 Å². The van der Waals surface area contributed by atoms with Crippen molar-refractivity contribution in [1.29, 1.82) is 0 Å². The number of rotatable bonds is 3. The first-order valence-corrected chi connectivity index (χ1v) is 4.40. The topological polar surface area (TPSA) is 59.4 Å². The van der Waals surface area contributed by atoms with Gasteiger partial charge in [0.1, 0.15) is 11.5 Å². The lowest BCUT2D eigenvalue weighted by molar-refractivity contribution is 0.122. The molecule has 0 spiro atoms. The molecule has 0 unspecified atom stereocenters. The summed E-state index contributed by atoms with van der Waals surface area (Å²) in [6.45, 7) is 5.75. The first kappa shape index (κ1) is 13.5. The summed E-state index contributed by atoms with van der Waals surface area (Å²) in [7, 11) is 0. The molecule has 14 heavy (non-hydrogen) atoms. The third-order valence-electron chi connectivity index (χ3n) is 2.32. The number of aliphatic hydroxyl groups is 1. The molecule has 0 bridgehead atoms. The maximum absolute atomic E-state index is 9.11. The third-order valence-corrected chi connectivity index (χ3v) is 2.32. The minimum atomic E-state index is -0.343. The van der Waals surface area contributed by atoms with Crippen LogP contribution in [0.2, 0.25) is 0 Å². The first-order chi connectivity index (χ1) is 5.97. The summed E-state index contributed by atoms with van der Waals surface area (Å²) in [5.74, 6) is 1.58. The van der Waals surface area contributed by atoms with E-state index >= 15 is 0 Å². The second-order valence-corrected chi connectivity index (χ2v) is 4.07. The maximum atomic E-state index is 9.11. The first-order valence-electron chi connectivity index (χ1n) is 4.40. The number of furan rings is 1. The molecule has 0 saturated heterocycles. The standard InChI is InChI=1S/C10H17NO2.ClH/c1-7-4-5-8(13-7)9(11)10(2,3)6-12;/h4-5,9,12H,6,11H2,1-3H3;1H/t9-;/m0./s1. The zero-order chi connectivity index (χ0) is 10.1. The second kappa shape index (κ2) is 4.82. The Kier molecular flexibility index (Phi) is 4.65. The number of aliphatic hydroxyl groups excluding tert-OH is 1. The fraction of sp³-hybridized carbons (Fsp3) is 0.600. The van der Waals surface area contributed by atoms with Gasteiger partial charge in [-0.2, -0.15) is 0 Å². The van der Waals surface area contributed by atoms with E-state index in [4.69, 9.17) is 15.3 Å². The van der Waals surface area contributed by atoms with Gasteiger partial charge in [-0.3, -0.25) is 0 Å². The van der Waals surface area contributed by atoms with Crippen LogP contribution in [0.5, 0.6) is 0 Å². The number of hydrogen-bond acceptors (Lipinski definition) is 3. The van der Waals surface area contributed by atoms with Crippen molar-refractivity contribution < 1.29 is 9.52 Å². The van der Waals surface area contributed by atoms with Gasteiger partial charge in [0.15, 0.2) is 0 Å². The summed E-state index contributed by atoms with van der Waals surface area (Å²) in [5, 5.41) is 9.11. The largest absolute Gasteiger partial charge is 0.465 e. The van der Waals surface area contributed by atoms with E-state index in [1.54, 1.807) is 0 Å². The van der Waals surface area contributed by atoms with Crippen molar-refractivity contribution in [3.05, 3.63) is 23.7 Å². The van der Waals surface area contributed by atoms with E-state index in [1.807, 2.05) is 32.9 Å². The Morgan fingerprint density at radius 3 is 2.43 bits per heavy atom. The van der Waals surface area contributed by atoms with Crippen LogP contribution in [0.25, 0.3) is 0 Å². The van der Waals surface area contributed by atoms with E-state index in [0.29, 0.717) is 0 Å². The molecular formula is C10H18ClNO2. The number of nitrogens with two attached hydrogens (primary N) is 1. The van der Waals surface area contributed by atoms with Crippen molar-refractivity contribution >= 4 is 12.4 Å². The smallest absolute Gasteiger partial charge is 0.121 e. The maximum Gasteiger partial charge on any atom is 0.121 e. The van der Waals surface area contributed by atoms with Crippen molar-refractivity contribution in [2.24, 2.45) is 11.1 Å². The van der Waals surface area contributed by atoms with Crippen LogP contribution in [0.3, 0.4) is 0 Å². The molecule has 4 heteroatoms. The number of halogens is 1. The zero-order valence-corrected chi connectivity index (χ0v) is 9.60. The molecule has 0 aliphatic carbocycles. The molecule has 1 rings (SSSR count). The molecule has 0 fully saturated rings. The summed E-state index contributed by atoms with van der Waals surface area (Å²) in [6.07, 6.45) is 0. The van der Waals surface area contributed by atoms with Crippen molar-refractivity contribution in [3.63, 3.8) is 0 Å². The Labute approximate surface area is 90.7 Å². The van der Waals surface area contributed by atoms with Gasteiger partial charge in [0.2, 0.25) is 0 Å². The van der Waals surface area contributed by atoms with Crippen molar-refractivity contribution in [2.45, 2.75) is 26.8 Å². The summed E-state index contributed by atoms with van der Waals surface area (Å²) in [5.41, 5.74) is 5.60. The third kappa shape index (κ3) is 2.74.